The first kappa shape index (κ1) is 14.3. The number of hydrogen-bond acceptors (Lipinski definition) is 3. The smallest absolute Gasteiger partial charge is 0.0220 e. The van der Waals surface area contributed by atoms with Gasteiger partial charge in [-0.05, 0) is 71.8 Å². The van der Waals surface area contributed by atoms with E-state index >= 15 is 0 Å². The van der Waals surface area contributed by atoms with Crippen molar-refractivity contribution in [3.8, 4) is 0 Å². The minimum absolute atomic E-state index is 0.805. The highest BCUT2D eigenvalue weighted by molar-refractivity contribution is 4.91. The summed E-state index contributed by atoms with van der Waals surface area (Å²) in [6.45, 7) is 7.21. The van der Waals surface area contributed by atoms with Crippen LogP contribution in [0.3, 0.4) is 0 Å². The summed E-state index contributed by atoms with van der Waals surface area (Å²) in [4.78, 5) is 5.17. The zero-order chi connectivity index (χ0) is 13.0. The first-order valence-corrected chi connectivity index (χ1v) is 7.83. The summed E-state index contributed by atoms with van der Waals surface area (Å²) >= 11 is 0. The average Bonchev–Trinajstić information content (AvgIpc) is 2.69. The van der Waals surface area contributed by atoms with Crippen molar-refractivity contribution >= 4 is 0 Å². The van der Waals surface area contributed by atoms with Crippen molar-refractivity contribution in [1.29, 1.82) is 0 Å². The zero-order valence-electron chi connectivity index (χ0n) is 12.5. The lowest BCUT2D eigenvalue weighted by molar-refractivity contribution is 0.0659. The lowest BCUT2D eigenvalue weighted by Crippen LogP contribution is -2.52. The van der Waals surface area contributed by atoms with E-state index in [2.05, 4.69) is 36.1 Å². The van der Waals surface area contributed by atoms with Crippen LogP contribution < -0.4 is 5.32 Å². The summed E-state index contributed by atoms with van der Waals surface area (Å²) in [5.74, 6) is 0.897. The second kappa shape index (κ2) is 6.88. The van der Waals surface area contributed by atoms with Gasteiger partial charge in [0.2, 0.25) is 0 Å². The Bertz CT molecular complexity index is 244. The van der Waals surface area contributed by atoms with Gasteiger partial charge in [0, 0.05) is 18.6 Å². The van der Waals surface area contributed by atoms with Crippen LogP contribution in [0.15, 0.2) is 0 Å². The Morgan fingerprint density at radius 1 is 1.28 bits per heavy atom. The first-order valence-electron chi connectivity index (χ1n) is 7.83. The lowest BCUT2D eigenvalue weighted by Gasteiger charge is -2.44. The van der Waals surface area contributed by atoms with Gasteiger partial charge in [-0.2, -0.15) is 0 Å². The van der Waals surface area contributed by atoms with E-state index in [1.165, 1.54) is 58.3 Å². The molecule has 3 unspecified atom stereocenters. The molecule has 1 saturated carbocycles. The summed E-state index contributed by atoms with van der Waals surface area (Å²) in [5, 5.41) is 3.59. The van der Waals surface area contributed by atoms with Crippen LogP contribution in [-0.4, -0.2) is 62.2 Å². The second-order valence-corrected chi connectivity index (χ2v) is 6.33. The van der Waals surface area contributed by atoms with Gasteiger partial charge in [-0.15, -0.1) is 0 Å². The molecule has 3 nitrogen and oxygen atoms in total. The zero-order valence-corrected chi connectivity index (χ0v) is 12.5. The molecule has 1 heterocycles. The molecule has 3 atom stereocenters. The van der Waals surface area contributed by atoms with Gasteiger partial charge in [0.25, 0.3) is 0 Å². The van der Waals surface area contributed by atoms with Gasteiger partial charge in [0.05, 0.1) is 0 Å². The van der Waals surface area contributed by atoms with Crippen LogP contribution in [0.4, 0.5) is 0 Å². The van der Waals surface area contributed by atoms with E-state index in [1.54, 1.807) is 0 Å². The highest BCUT2D eigenvalue weighted by atomic mass is 15.2. The summed E-state index contributed by atoms with van der Waals surface area (Å²) in [5.41, 5.74) is 0. The summed E-state index contributed by atoms with van der Waals surface area (Å²) in [6.07, 6.45) is 6.87. The Hall–Kier alpha value is -0.120. The van der Waals surface area contributed by atoms with Crippen molar-refractivity contribution in [3.63, 3.8) is 0 Å². The molecule has 2 rings (SSSR count). The third kappa shape index (κ3) is 3.46. The molecule has 2 aliphatic rings. The second-order valence-electron chi connectivity index (χ2n) is 6.33. The largest absolute Gasteiger partial charge is 0.316 e. The van der Waals surface area contributed by atoms with Gasteiger partial charge in [0.1, 0.15) is 0 Å². The topological polar surface area (TPSA) is 18.5 Å². The first-order chi connectivity index (χ1) is 8.72. The van der Waals surface area contributed by atoms with Gasteiger partial charge in [-0.1, -0.05) is 6.92 Å². The quantitative estimate of drug-likeness (QED) is 0.698. The van der Waals surface area contributed by atoms with E-state index in [0.717, 1.165) is 18.0 Å². The van der Waals surface area contributed by atoms with Gasteiger partial charge < -0.3 is 15.1 Å². The fraction of sp³-hybridized carbons (Fsp3) is 1.00. The Balaban J connectivity index is 1.70. The molecule has 1 aliphatic carbocycles. The van der Waals surface area contributed by atoms with Crippen molar-refractivity contribution in [2.24, 2.45) is 5.92 Å². The Morgan fingerprint density at radius 2 is 2.11 bits per heavy atom. The summed E-state index contributed by atoms with van der Waals surface area (Å²) < 4.78 is 0. The van der Waals surface area contributed by atoms with E-state index < -0.39 is 0 Å². The minimum Gasteiger partial charge on any atom is -0.316 e. The molecule has 1 saturated heterocycles. The van der Waals surface area contributed by atoms with Gasteiger partial charge in [0.15, 0.2) is 0 Å². The molecular weight excluding hydrogens is 222 g/mol. The summed E-state index contributed by atoms with van der Waals surface area (Å²) in [7, 11) is 4.62. The maximum atomic E-state index is 3.59. The number of nitrogens with one attached hydrogen (secondary N) is 1. The summed E-state index contributed by atoms with van der Waals surface area (Å²) in [6, 6.07) is 1.64. The fourth-order valence-corrected chi connectivity index (χ4v) is 3.51. The van der Waals surface area contributed by atoms with Crippen LogP contribution >= 0.6 is 0 Å². The molecule has 0 bridgehead atoms. The predicted octanol–water partition coefficient (Wildman–Crippen LogP) is 1.79. The van der Waals surface area contributed by atoms with E-state index in [9.17, 15) is 0 Å². The minimum atomic E-state index is 0.805. The van der Waals surface area contributed by atoms with E-state index in [4.69, 9.17) is 0 Å². The molecule has 18 heavy (non-hydrogen) atoms. The fourth-order valence-electron chi connectivity index (χ4n) is 3.51. The molecule has 0 aromatic rings. The molecule has 1 aliphatic heterocycles. The monoisotopic (exact) mass is 253 g/mol. The number of likely N-dealkylation sites (N-methyl/N-ethyl adjacent to an activating group) is 2. The molecule has 1 N–H and O–H groups in total. The lowest BCUT2D eigenvalue weighted by atomic mass is 9.78. The van der Waals surface area contributed by atoms with Gasteiger partial charge in [-0.25, -0.2) is 0 Å². The molecule has 2 fully saturated rings. The molecule has 0 spiro atoms. The predicted molar refractivity (Wildman–Crippen MR) is 78.0 cm³/mol. The van der Waals surface area contributed by atoms with E-state index in [1.807, 2.05) is 0 Å². The SMILES string of the molecule is CCCNCC1CCC1N(C)CC1CCCN1C. The van der Waals surface area contributed by atoms with Crippen LogP contribution in [-0.2, 0) is 0 Å². The molecular formula is C15H31N3. The van der Waals surface area contributed by atoms with Gasteiger partial charge >= 0.3 is 0 Å². The van der Waals surface area contributed by atoms with Crippen LogP contribution in [0, 0.1) is 5.92 Å². The van der Waals surface area contributed by atoms with Crippen molar-refractivity contribution in [1.82, 2.24) is 15.1 Å². The maximum Gasteiger partial charge on any atom is 0.0220 e. The molecule has 0 aromatic carbocycles. The highest BCUT2D eigenvalue weighted by Gasteiger charge is 2.35. The standard InChI is InChI=1S/C15H31N3/c1-4-9-16-11-13-7-8-15(13)18(3)12-14-6-5-10-17(14)2/h13-16H,4-12H2,1-3H3. The Labute approximate surface area is 113 Å². The third-order valence-electron chi connectivity index (χ3n) is 4.95. The number of nitrogens with zero attached hydrogens (tertiary/aromatic N) is 2. The van der Waals surface area contributed by atoms with Crippen LogP contribution in [0.25, 0.3) is 0 Å². The highest BCUT2D eigenvalue weighted by Crippen LogP contribution is 2.31. The number of hydrogen-bond donors (Lipinski definition) is 1. The normalized spacial score (nSPS) is 33.0. The number of rotatable bonds is 7. The Kier molecular flexibility index (Phi) is 5.46. The van der Waals surface area contributed by atoms with Gasteiger partial charge in [-0.3, -0.25) is 0 Å². The van der Waals surface area contributed by atoms with Crippen molar-refractivity contribution in [2.75, 3.05) is 40.3 Å². The maximum absolute atomic E-state index is 3.59. The third-order valence-corrected chi connectivity index (χ3v) is 4.95. The van der Waals surface area contributed by atoms with Crippen molar-refractivity contribution < 1.29 is 0 Å². The number of likely N-dealkylation sites (tertiary alicyclic amines) is 1. The van der Waals surface area contributed by atoms with E-state index in [-0.39, 0.29) is 0 Å². The van der Waals surface area contributed by atoms with Crippen molar-refractivity contribution in [3.05, 3.63) is 0 Å². The Morgan fingerprint density at radius 3 is 2.67 bits per heavy atom. The molecule has 3 heteroatoms. The molecule has 0 radical (unpaired) electrons. The molecule has 0 aromatic heterocycles. The van der Waals surface area contributed by atoms with Crippen LogP contribution in [0.2, 0.25) is 0 Å². The van der Waals surface area contributed by atoms with Crippen LogP contribution in [0.1, 0.15) is 39.0 Å². The van der Waals surface area contributed by atoms with Crippen molar-refractivity contribution in [2.45, 2.75) is 51.1 Å². The molecule has 106 valence electrons. The molecule has 0 amide bonds. The average molecular weight is 253 g/mol. The van der Waals surface area contributed by atoms with E-state index in [0.29, 0.717) is 0 Å². The van der Waals surface area contributed by atoms with Crippen LogP contribution in [0.5, 0.6) is 0 Å².